The zero-order chi connectivity index (χ0) is 21.6. The van der Waals surface area contributed by atoms with E-state index in [2.05, 4.69) is 54.2 Å². The van der Waals surface area contributed by atoms with Crippen molar-refractivity contribution in [1.29, 1.82) is 0 Å². The van der Waals surface area contributed by atoms with Crippen LogP contribution in [0, 0.1) is 5.92 Å². The number of sulfone groups is 1. The molecule has 7 heteroatoms. The van der Waals surface area contributed by atoms with E-state index < -0.39 is 9.84 Å². The third-order valence-electron chi connectivity index (χ3n) is 7.60. The summed E-state index contributed by atoms with van der Waals surface area (Å²) in [5.74, 6) is 0.660. The van der Waals surface area contributed by atoms with Gasteiger partial charge in [0.15, 0.2) is 0 Å². The Morgan fingerprint density at radius 3 is 2.23 bits per heavy atom. The summed E-state index contributed by atoms with van der Waals surface area (Å²) in [6.07, 6.45) is 7.56. The van der Waals surface area contributed by atoms with Crippen LogP contribution in [0.2, 0.25) is 0 Å². The first-order chi connectivity index (χ1) is 14.2. The summed E-state index contributed by atoms with van der Waals surface area (Å²) < 4.78 is 23.4. The van der Waals surface area contributed by atoms with E-state index in [0.29, 0.717) is 19.0 Å². The molecule has 3 aliphatic rings. The summed E-state index contributed by atoms with van der Waals surface area (Å²) in [6.45, 7) is 1.79. The predicted octanol–water partition coefficient (Wildman–Crippen LogP) is 2.95. The molecular formula is C23H35N3O3S. The summed E-state index contributed by atoms with van der Waals surface area (Å²) in [5, 5.41) is 0. The van der Waals surface area contributed by atoms with Crippen molar-refractivity contribution in [2.45, 2.75) is 49.6 Å². The minimum absolute atomic E-state index is 0.0129. The minimum atomic E-state index is -3.09. The molecule has 1 heterocycles. The van der Waals surface area contributed by atoms with Crippen LogP contribution in [-0.2, 0) is 15.4 Å². The third-order valence-corrected chi connectivity index (χ3v) is 8.53. The van der Waals surface area contributed by atoms with Crippen LogP contribution in [0.4, 0.5) is 4.79 Å². The Kier molecular flexibility index (Phi) is 5.64. The van der Waals surface area contributed by atoms with E-state index >= 15 is 0 Å². The highest BCUT2D eigenvalue weighted by Gasteiger charge is 2.55. The number of hydrogen-bond donors (Lipinski definition) is 0. The summed E-state index contributed by atoms with van der Waals surface area (Å²) in [4.78, 5) is 19.5. The molecule has 1 aromatic carbocycles. The van der Waals surface area contributed by atoms with Gasteiger partial charge in [-0.3, -0.25) is 4.90 Å². The van der Waals surface area contributed by atoms with Gasteiger partial charge in [-0.15, -0.1) is 0 Å². The normalized spacial score (nSPS) is 29.9. The van der Waals surface area contributed by atoms with Crippen LogP contribution in [-0.4, -0.2) is 80.4 Å². The van der Waals surface area contributed by atoms with Gasteiger partial charge in [0.25, 0.3) is 0 Å². The summed E-state index contributed by atoms with van der Waals surface area (Å²) >= 11 is 0. The van der Waals surface area contributed by atoms with E-state index in [-0.39, 0.29) is 22.9 Å². The zero-order valence-electron chi connectivity index (χ0n) is 18.5. The molecule has 0 N–H and O–H groups in total. The second kappa shape index (κ2) is 7.83. The van der Waals surface area contributed by atoms with Crippen LogP contribution >= 0.6 is 0 Å². The molecule has 3 fully saturated rings. The number of hydrogen-bond acceptors (Lipinski definition) is 4. The lowest BCUT2D eigenvalue weighted by atomic mass is 9.68. The lowest BCUT2D eigenvalue weighted by Crippen LogP contribution is -2.55. The van der Waals surface area contributed by atoms with E-state index in [1.165, 1.54) is 24.7 Å². The van der Waals surface area contributed by atoms with Gasteiger partial charge in [0.1, 0.15) is 9.84 Å². The zero-order valence-corrected chi connectivity index (χ0v) is 19.3. The van der Waals surface area contributed by atoms with Gasteiger partial charge in [-0.2, -0.15) is 0 Å². The van der Waals surface area contributed by atoms with Gasteiger partial charge < -0.3 is 9.80 Å². The molecule has 2 saturated carbocycles. The molecule has 0 radical (unpaired) electrons. The van der Waals surface area contributed by atoms with E-state index in [1.807, 2.05) is 0 Å². The largest absolute Gasteiger partial charge is 0.321 e. The van der Waals surface area contributed by atoms with Crippen molar-refractivity contribution >= 4 is 15.9 Å². The maximum absolute atomic E-state index is 13.3. The van der Waals surface area contributed by atoms with Crippen molar-refractivity contribution in [3.63, 3.8) is 0 Å². The minimum Gasteiger partial charge on any atom is -0.321 e. The average Bonchev–Trinajstić information content (AvgIpc) is 3.49. The van der Waals surface area contributed by atoms with Gasteiger partial charge in [0, 0.05) is 31.4 Å². The van der Waals surface area contributed by atoms with Crippen molar-refractivity contribution < 1.29 is 13.2 Å². The quantitative estimate of drug-likeness (QED) is 0.663. The first-order valence-electron chi connectivity index (χ1n) is 11.1. The second-order valence-electron chi connectivity index (χ2n) is 9.90. The van der Waals surface area contributed by atoms with Gasteiger partial charge in [0.2, 0.25) is 0 Å². The molecule has 1 spiro atoms. The topological polar surface area (TPSA) is 60.9 Å². The number of rotatable bonds is 7. The smallest absolute Gasteiger partial charge is 0.320 e. The SMILES string of the molecule is CN(C)[C@]1(c2ccccc2)CC[C@]2(CC1)CN(CCS(C)(=O)=O)C(=O)N2CC1CC1. The maximum Gasteiger partial charge on any atom is 0.320 e. The Morgan fingerprint density at radius 2 is 1.70 bits per heavy atom. The van der Waals surface area contributed by atoms with E-state index in [9.17, 15) is 13.2 Å². The molecule has 0 bridgehead atoms. The predicted molar refractivity (Wildman–Crippen MR) is 119 cm³/mol. The maximum atomic E-state index is 13.3. The van der Waals surface area contributed by atoms with Crippen molar-refractivity contribution in [1.82, 2.24) is 14.7 Å². The highest BCUT2D eigenvalue weighted by atomic mass is 32.2. The Hall–Kier alpha value is -1.60. The number of nitrogens with zero attached hydrogens (tertiary/aromatic N) is 3. The van der Waals surface area contributed by atoms with Crippen LogP contribution in [0.15, 0.2) is 30.3 Å². The fourth-order valence-corrected chi connectivity index (χ4v) is 6.01. The Labute approximate surface area is 181 Å². The van der Waals surface area contributed by atoms with E-state index in [4.69, 9.17) is 0 Å². The van der Waals surface area contributed by atoms with Crippen molar-refractivity contribution in [3.8, 4) is 0 Å². The highest BCUT2D eigenvalue weighted by molar-refractivity contribution is 7.90. The molecule has 0 atom stereocenters. The molecule has 1 aromatic rings. The molecule has 0 unspecified atom stereocenters. The molecule has 4 rings (SSSR count). The van der Waals surface area contributed by atoms with Crippen molar-refractivity contribution in [3.05, 3.63) is 35.9 Å². The first kappa shape index (κ1) is 21.6. The Bertz CT molecular complexity index is 872. The van der Waals surface area contributed by atoms with Crippen LogP contribution in [0.3, 0.4) is 0 Å². The molecule has 1 aliphatic heterocycles. The molecule has 6 nitrogen and oxygen atoms in total. The molecule has 30 heavy (non-hydrogen) atoms. The summed E-state index contributed by atoms with van der Waals surface area (Å²) in [6, 6.07) is 10.8. The monoisotopic (exact) mass is 433 g/mol. The highest BCUT2D eigenvalue weighted by Crippen LogP contribution is 2.49. The third kappa shape index (κ3) is 4.11. The molecule has 166 valence electrons. The molecule has 2 aliphatic carbocycles. The van der Waals surface area contributed by atoms with Crippen LogP contribution in [0.1, 0.15) is 44.1 Å². The number of amides is 2. The standard InChI is InChI=1S/C23H35N3O3S/c1-24(2)23(20-7-5-4-6-8-20)13-11-22(12-14-23)18-25(15-16-30(3,28)29)21(27)26(22)17-19-9-10-19/h4-8,19H,9-18H2,1-3H3/t22-,23+. The number of carbonyl (C=O) groups is 1. The number of urea groups is 1. The van der Waals surface area contributed by atoms with Gasteiger partial charge >= 0.3 is 6.03 Å². The van der Waals surface area contributed by atoms with Crippen LogP contribution < -0.4 is 0 Å². The van der Waals surface area contributed by atoms with Crippen LogP contribution in [0.25, 0.3) is 0 Å². The van der Waals surface area contributed by atoms with Gasteiger partial charge in [0.05, 0.1) is 11.3 Å². The second-order valence-corrected chi connectivity index (χ2v) is 12.2. The van der Waals surface area contributed by atoms with Gasteiger partial charge in [-0.1, -0.05) is 30.3 Å². The Balaban J connectivity index is 1.57. The lowest BCUT2D eigenvalue weighted by Gasteiger charge is -2.51. The van der Waals surface area contributed by atoms with Gasteiger partial charge in [-0.25, -0.2) is 13.2 Å². The van der Waals surface area contributed by atoms with Crippen molar-refractivity contribution in [2.24, 2.45) is 5.92 Å². The summed E-state index contributed by atoms with van der Waals surface area (Å²) in [5.41, 5.74) is 1.17. The molecular weight excluding hydrogens is 398 g/mol. The average molecular weight is 434 g/mol. The van der Waals surface area contributed by atoms with E-state index in [1.54, 1.807) is 4.90 Å². The van der Waals surface area contributed by atoms with Crippen molar-refractivity contribution in [2.75, 3.05) is 45.7 Å². The van der Waals surface area contributed by atoms with E-state index in [0.717, 1.165) is 32.2 Å². The molecule has 0 aromatic heterocycles. The number of benzene rings is 1. The lowest BCUT2D eigenvalue weighted by molar-refractivity contribution is 0.0234. The fourth-order valence-electron chi connectivity index (χ4n) is 5.46. The first-order valence-corrected chi connectivity index (χ1v) is 13.2. The Morgan fingerprint density at radius 1 is 1.07 bits per heavy atom. The molecule has 1 saturated heterocycles. The van der Waals surface area contributed by atoms with Gasteiger partial charge in [-0.05, 0) is 64.1 Å². The fraction of sp³-hybridized carbons (Fsp3) is 0.696. The molecule has 2 amide bonds. The number of carbonyl (C=O) groups excluding carboxylic acids is 1. The van der Waals surface area contributed by atoms with Crippen LogP contribution in [0.5, 0.6) is 0 Å². The summed E-state index contributed by atoms with van der Waals surface area (Å²) in [7, 11) is 1.23.